The van der Waals surface area contributed by atoms with Crippen LogP contribution in [0, 0.1) is 5.92 Å². The number of esters is 1. The maximum atomic E-state index is 11.3. The van der Waals surface area contributed by atoms with Crippen LogP contribution in [-0.2, 0) is 9.53 Å². The Morgan fingerprint density at radius 1 is 1.39 bits per heavy atom. The first-order valence-electron chi connectivity index (χ1n) is 6.87. The Kier molecular flexibility index (Phi) is 4.76. The highest BCUT2D eigenvalue weighted by Gasteiger charge is 2.52. The van der Waals surface area contributed by atoms with Crippen molar-refractivity contribution < 1.29 is 9.53 Å². The fraction of sp³-hybridized carbons (Fsp3) is 0.929. The summed E-state index contributed by atoms with van der Waals surface area (Å²) in [6.45, 7) is 12.4. The van der Waals surface area contributed by atoms with E-state index >= 15 is 0 Å². The normalized spacial score (nSPS) is 41.7. The van der Waals surface area contributed by atoms with Crippen molar-refractivity contribution in [3.63, 3.8) is 0 Å². The zero-order chi connectivity index (χ0) is 14.1. The Morgan fingerprint density at radius 3 is 2.33 bits per heavy atom. The van der Waals surface area contributed by atoms with Gasteiger partial charge in [0.05, 0.1) is 0 Å². The van der Waals surface area contributed by atoms with Crippen molar-refractivity contribution in [3.8, 4) is 0 Å². The molecule has 1 aliphatic heterocycles. The summed E-state index contributed by atoms with van der Waals surface area (Å²) in [6.07, 6.45) is 2.83. The lowest BCUT2D eigenvalue weighted by Crippen LogP contribution is -2.64. The molecule has 4 unspecified atom stereocenters. The molecule has 0 saturated carbocycles. The Hall–Kier alpha value is -0.220. The van der Waals surface area contributed by atoms with Crippen LogP contribution in [0.3, 0.4) is 0 Å². The fourth-order valence-corrected chi connectivity index (χ4v) is 3.58. The minimum Gasteiger partial charge on any atom is -0.462 e. The number of piperidine rings is 1. The number of carbonyl (C=O) groups is 1. The van der Waals surface area contributed by atoms with Crippen LogP contribution in [0.4, 0.5) is 0 Å². The summed E-state index contributed by atoms with van der Waals surface area (Å²) in [5.74, 6) is 0.0971. The standard InChI is InChI=1S/C14H27NO2S/c1-7-13(5)9-12(17-11(4)16)10(3)14(6,8-2)15(13)18/h10,12,18H,7-9H2,1-6H3. The number of thiol groups is 1. The highest BCUT2D eigenvalue weighted by molar-refractivity contribution is 7.77. The molecule has 1 saturated heterocycles. The molecule has 4 heteroatoms. The lowest BCUT2D eigenvalue weighted by molar-refractivity contribution is -0.162. The molecule has 4 atom stereocenters. The van der Waals surface area contributed by atoms with Crippen LogP contribution < -0.4 is 0 Å². The zero-order valence-corrected chi connectivity index (χ0v) is 13.4. The summed E-state index contributed by atoms with van der Waals surface area (Å²) >= 11 is 4.77. The van der Waals surface area contributed by atoms with Crippen molar-refractivity contribution in [2.24, 2.45) is 5.92 Å². The summed E-state index contributed by atoms with van der Waals surface area (Å²) < 4.78 is 7.75. The van der Waals surface area contributed by atoms with Gasteiger partial charge in [0.2, 0.25) is 0 Å². The summed E-state index contributed by atoms with van der Waals surface area (Å²) in [4.78, 5) is 11.3. The molecule has 3 nitrogen and oxygen atoms in total. The van der Waals surface area contributed by atoms with Gasteiger partial charge < -0.3 is 4.74 Å². The molecule has 0 amide bonds. The maximum Gasteiger partial charge on any atom is 0.302 e. The number of hydrogen-bond acceptors (Lipinski definition) is 4. The van der Waals surface area contributed by atoms with E-state index in [2.05, 4.69) is 38.9 Å². The Morgan fingerprint density at radius 2 is 1.94 bits per heavy atom. The molecule has 1 rings (SSSR count). The number of ether oxygens (including phenoxy) is 1. The van der Waals surface area contributed by atoms with Gasteiger partial charge in [0, 0.05) is 30.3 Å². The minimum atomic E-state index is -0.184. The first kappa shape index (κ1) is 15.8. The van der Waals surface area contributed by atoms with Crippen molar-refractivity contribution in [1.82, 2.24) is 4.31 Å². The average molecular weight is 273 g/mol. The first-order chi connectivity index (χ1) is 8.21. The van der Waals surface area contributed by atoms with E-state index in [1.807, 2.05) is 0 Å². The van der Waals surface area contributed by atoms with Gasteiger partial charge in [0.15, 0.2) is 0 Å². The van der Waals surface area contributed by atoms with E-state index in [4.69, 9.17) is 17.6 Å². The zero-order valence-electron chi connectivity index (χ0n) is 12.5. The topological polar surface area (TPSA) is 29.5 Å². The molecule has 1 aliphatic rings. The Labute approximate surface area is 117 Å². The third kappa shape index (κ3) is 2.55. The molecule has 1 fully saturated rings. The van der Waals surface area contributed by atoms with Crippen LogP contribution >= 0.6 is 12.8 Å². The van der Waals surface area contributed by atoms with E-state index in [-0.39, 0.29) is 29.1 Å². The molecule has 106 valence electrons. The molecule has 0 aromatic carbocycles. The maximum absolute atomic E-state index is 11.3. The van der Waals surface area contributed by atoms with Crippen molar-refractivity contribution in [3.05, 3.63) is 0 Å². The van der Waals surface area contributed by atoms with Gasteiger partial charge in [-0.25, -0.2) is 4.31 Å². The van der Waals surface area contributed by atoms with Gasteiger partial charge in [0.25, 0.3) is 0 Å². The molecule has 0 spiro atoms. The van der Waals surface area contributed by atoms with Gasteiger partial charge >= 0.3 is 5.97 Å². The van der Waals surface area contributed by atoms with Crippen LogP contribution in [-0.4, -0.2) is 27.5 Å². The van der Waals surface area contributed by atoms with Crippen LogP contribution in [0.15, 0.2) is 0 Å². The molecule has 18 heavy (non-hydrogen) atoms. The van der Waals surface area contributed by atoms with E-state index < -0.39 is 0 Å². The second kappa shape index (κ2) is 5.41. The molecule has 0 aliphatic carbocycles. The quantitative estimate of drug-likeness (QED) is 0.631. The lowest BCUT2D eigenvalue weighted by atomic mass is 9.70. The van der Waals surface area contributed by atoms with E-state index in [1.54, 1.807) is 0 Å². The van der Waals surface area contributed by atoms with Crippen LogP contribution in [0.1, 0.15) is 60.8 Å². The third-order valence-corrected chi connectivity index (χ3v) is 5.91. The van der Waals surface area contributed by atoms with Crippen LogP contribution in [0.2, 0.25) is 0 Å². The van der Waals surface area contributed by atoms with Crippen LogP contribution in [0.25, 0.3) is 0 Å². The van der Waals surface area contributed by atoms with E-state index in [9.17, 15) is 4.79 Å². The summed E-state index contributed by atoms with van der Waals surface area (Å²) in [5.41, 5.74) is -0.0767. The smallest absolute Gasteiger partial charge is 0.302 e. The molecular formula is C14H27NO2S. The van der Waals surface area contributed by atoms with Crippen molar-refractivity contribution in [2.45, 2.75) is 78.0 Å². The molecule has 1 heterocycles. The van der Waals surface area contributed by atoms with Gasteiger partial charge in [-0.2, -0.15) is 0 Å². The average Bonchev–Trinajstić information content (AvgIpc) is 2.33. The third-order valence-electron chi connectivity index (χ3n) is 4.97. The highest BCUT2D eigenvalue weighted by atomic mass is 32.1. The highest BCUT2D eigenvalue weighted by Crippen LogP contribution is 2.47. The predicted octanol–water partition coefficient (Wildman–Crippen LogP) is 3.44. The number of carbonyl (C=O) groups excluding carboxylic acids is 1. The molecule has 0 radical (unpaired) electrons. The molecule has 0 aromatic heterocycles. The molecule has 0 aromatic rings. The monoisotopic (exact) mass is 273 g/mol. The second-order valence-electron chi connectivity index (χ2n) is 6.01. The molecular weight excluding hydrogens is 246 g/mol. The van der Waals surface area contributed by atoms with E-state index in [0.717, 1.165) is 19.3 Å². The largest absolute Gasteiger partial charge is 0.462 e. The summed E-state index contributed by atoms with van der Waals surface area (Å²) in [6, 6.07) is 0. The van der Waals surface area contributed by atoms with Crippen LogP contribution in [0.5, 0.6) is 0 Å². The van der Waals surface area contributed by atoms with Gasteiger partial charge in [-0.3, -0.25) is 4.79 Å². The number of nitrogens with zero attached hydrogens (tertiary/aromatic N) is 1. The SMILES string of the molecule is CCC1(C)CC(OC(C)=O)C(C)C(C)(CC)N1S. The second-order valence-corrected chi connectivity index (χ2v) is 6.41. The van der Waals surface area contributed by atoms with Gasteiger partial charge in [-0.15, -0.1) is 0 Å². The predicted molar refractivity (Wildman–Crippen MR) is 77.6 cm³/mol. The fourth-order valence-electron chi connectivity index (χ4n) is 3.03. The van der Waals surface area contributed by atoms with E-state index in [0.29, 0.717) is 0 Å². The number of hydrogen-bond donors (Lipinski definition) is 1. The molecule has 0 N–H and O–H groups in total. The summed E-state index contributed by atoms with van der Waals surface area (Å²) in [7, 11) is 0. The minimum absolute atomic E-state index is 0.0131. The Balaban J connectivity index is 3.09. The van der Waals surface area contributed by atoms with Crippen molar-refractivity contribution in [2.75, 3.05) is 0 Å². The van der Waals surface area contributed by atoms with Gasteiger partial charge in [0.1, 0.15) is 6.10 Å². The number of rotatable bonds is 3. The first-order valence-corrected chi connectivity index (χ1v) is 7.27. The lowest BCUT2D eigenvalue weighted by Gasteiger charge is -2.57. The molecule has 0 bridgehead atoms. The van der Waals surface area contributed by atoms with Crippen molar-refractivity contribution in [1.29, 1.82) is 0 Å². The van der Waals surface area contributed by atoms with Gasteiger partial charge in [-0.05, 0) is 26.7 Å². The van der Waals surface area contributed by atoms with E-state index in [1.165, 1.54) is 6.92 Å². The van der Waals surface area contributed by atoms with Gasteiger partial charge in [-0.1, -0.05) is 33.6 Å². The van der Waals surface area contributed by atoms with Crippen molar-refractivity contribution >= 4 is 18.8 Å². The Bertz CT molecular complexity index is 323. The summed E-state index contributed by atoms with van der Waals surface area (Å²) in [5, 5.41) is 0.